The van der Waals surface area contributed by atoms with E-state index in [0.29, 0.717) is 24.9 Å². The van der Waals surface area contributed by atoms with E-state index in [1.165, 1.54) is 0 Å². The van der Waals surface area contributed by atoms with Gasteiger partial charge in [0.2, 0.25) is 17.2 Å². The Morgan fingerprint density at radius 3 is 2.47 bits per heavy atom. The summed E-state index contributed by atoms with van der Waals surface area (Å²) in [7, 11) is 1.71. The lowest BCUT2D eigenvalue weighted by atomic mass is 9.90. The van der Waals surface area contributed by atoms with Gasteiger partial charge in [-0.2, -0.15) is 15.0 Å². The SMILES string of the molecule is CNc1nc(Cl)nc(NCC(C)(C)CCO)n1. The third-order valence-corrected chi connectivity index (χ3v) is 2.51. The van der Waals surface area contributed by atoms with E-state index >= 15 is 0 Å². The monoisotopic (exact) mass is 259 g/mol. The molecule has 1 aromatic heterocycles. The van der Waals surface area contributed by atoms with E-state index < -0.39 is 0 Å². The number of rotatable bonds is 6. The Morgan fingerprint density at radius 2 is 1.88 bits per heavy atom. The minimum Gasteiger partial charge on any atom is -0.396 e. The third-order valence-electron chi connectivity index (χ3n) is 2.35. The fourth-order valence-corrected chi connectivity index (χ4v) is 1.41. The fraction of sp³-hybridized carbons (Fsp3) is 0.700. The summed E-state index contributed by atoms with van der Waals surface area (Å²) in [5, 5.41) is 15.0. The molecule has 0 aliphatic rings. The van der Waals surface area contributed by atoms with Gasteiger partial charge in [-0.3, -0.25) is 0 Å². The van der Waals surface area contributed by atoms with Crippen molar-refractivity contribution in [2.45, 2.75) is 20.3 Å². The van der Waals surface area contributed by atoms with E-state index in [2.05, 4.69) is 39.4 Å². The summed E-state index contributed by atoms with van der Waals surface area (Å²) in [6.07, 6.45) is 0.706. The Bertz CT molecular complexity index is 372. The highest BCUT2D eigenvalue weighted by Crippen LogP contribution is 2.20. The van der Waals surface area contributed by atoms with Gasteiger partial charge in [-0.1, -0.05) is 13.8 Å². The lowest BCUT2D eigenvalue weighted by Gasteiger charge is -2.23. The van der Waals surface area contributed by atoms with E-state index in [1.54, 1.807) is 7.05 Å². The van der Waals surface area contributed by atoms with Crippen molar-refractivity contribution >= 4 is 23.5 Å². The van der Waals surface area contributed by atoms with Crippen molar-refractivity contribution in [3.05, 3.63) is 5.28 Å². The summed E-state index contributed by atoms with van der Waals surface area (Å²) >= 11 is 5.76. The third kappa shape index (κ3) is 4.70. The van der Waals surface area contributed by atoms with Gasteiger partial charge in [-0.25, -0.2) is 0 Å². The molecule has 0 bridgehead atoms. The summed E-state index contributed by atoms with van der Waals surface area (Å²) in [4.78, 5) is 12.0. The maximum atomic E-state index is 8.93. The number of aromatic nitrogens is 3. The molecule has 0 aliphatic heterocycles. The van der Waals surface area contributed by atoms with Gasteiger partial charge in [0.15, 0.2) is 0 Å². The van der Waals surface area contributed by atoms with E-state index in [9.17, 15) is 0 Å². The van der Waals surface area contributed by atoms with Crippen LogP contribution in [0.2, 0.25) is 5.28 Å². The van der Waals surface area contributed by atoms with Crippen molar-refractivity contribution in [2.24, 2.45) is 5.41 Å². The Balaban J connectivity index is 2.65. The summed E-state index contributed by atoms with van der Waals surface area (Å²) in [6.45, 7) is 4.92. The fourth-order valence-electron chi connectivity index (χ4n) is 1.25. The summed E-state index contributed by atoms with van der Waals surface area (Å²) in [5.74, 6) is 0.854. The maximum Gasteiger partial charge on any atom is 0.228 e. The minimum atomic E-state index is -0.0341. The van der Waals surface area contributed by atoms with Crippen LogP contribution in [0.15, 0.2) is 0 Å². The molecule has 0 radical (unpaired) electrons. The number of nitrogens with one attached hydrogen (secondary N) is 2. The molecule has 96 valence electrons. The highest BCUT2D eigenvalue weighted by Gasteiger charge is 2.17. The largest absolute Gasteiger partial charge is 0.396 e. The molecule has 0 atom stereocenters. The molecular formula is C10H18ClN5O. The molecule has 7 heteroatoms. The number of hydrogen-bond acceptors (Lipinski definition) is 6. The molecule has 6 nitrogen and oxygen atoms in total. The smallest absolute Gasteiger partial charge is 0.228 e. The van der Waals surface area contributed by atoms with Gasteiger partial charge in [0.05, 0.1) is 0 Å². The Labute approximate surface area is 106 Å². The molecule has 3 N–H and O–H groups in total. The average Bonchev–Trinajstić information content (AvgIpc) is 2.26. The van der Waals surface area contributed by atoms with Crippen molar-refractivity contribution in [1.82, 2.24) is 15.0 Å². The second-order valence-corrected chi connectivity index (χ2v) is 4.83. The molecule has 0 saturated carbocycles. The quantitative estimate of drug-likeness (QED) is 0.716. The Hall–Kier alpha value is -1.14. The van der Waals surface area contributed by atoms with Crippen LogP contribution in [0.1, 0.15) is 20.3 Å². The molecule has 0 fully saturated rings. The topological polar surface area (TPSA) is 83.0 Å². The zero-order valence-electron chi connectivity index (χ0n) is 10.3. The summed E-state index contributed by atoms with van der Waals surface area (Å²) in [6, 6.07) is 0. The number of anilines is 2. The van der Waals surface area contributed by atoms with Gasteiger partial charge in [-0.05, 0) is 23.4 Å². The predicted molar refractivity (Wildman–Crippen MR) is 68.4 cm³/mol. The highest BCUT2D eigenvalue weighted by atomic mass is 35.5. The second-order valence-electron chi connectivity index (χ2n) is 4.49. The average molecular weight is 260 g/mol. The van der Waals surface area contributed by atoms with Crippen LogP contribution in [0.4, 0.5) is 11.9 Å². The van der Waals surface area contributed by atoms with E-state index in [4.69, 9.17) is 16.7 Å². The molecule has 0 amide bonds. The van der Waals surface area contributed by atoms with E-state index in [0.717, 1.165) is 0 Å². The lowest BCUT2D eigenvalue weighted by Crippen LogP contribution is -2.25. The summed E-state index contributed by atoms with van der Waals surface area (Å²) in [5.41, 5.74) is -0.0341. The first-order valence-corrected chi connectivity index (χ1v) is 5.79. The Morgan fingerprint density at radius 1 is 1.24 bits per heavy atom. The van der Waals surface area contributed by atoms with Crippen LogP contribution in [0.5, 0.6) is 0 Å². The zero-order chi connectivity index (χ0) is 12.9. The first-order valence-electron chi connectivity index (χ1n) is 5.41. The molecular weight excluding hydrogens is 242 g/mol. The van der Waals surface area contributed by atoms with Crippen LogP contribution in [0.3, 0.4) is 0 Å². The molecule has 1 aromatic rings. The minimum absolute atomic E-state index is 0.0341. The van der Waals surface area contributed by atoms with Crippen LogP contribution in [0.25, 0.3) is 0 Å². The van der Waals surface area contributed by atoms with Gasteiger partial charge < -0.3 is 15.7 Å². The number of hydrogen-bond donors (Lipinski definition) is 3. The highest BCUT2D eigenvalue weighted by molar-refractivity contribution is 6.28. The van der Waals surface area contributed by atoms with Crippen LogP contribution < -0.4 is 10.6 Å². The van der Waals surface area contributed by atoms with Gasteiger partial charge in [0.1, 0.15) is 0 Å². The lowest BCUT2D eigenvalue weighted by molar-refractivity contribution is 0.220. The van der Waals surface area contributed by atoms with E-state index in [-0.39, 0.29) is 17.3 Å². The van der Waals surface area contributed by atoms with Crippen molar-refractivity contribution < 1.29 is 5.11 Å². The number of nitrogens with zero attached hydrogens (tertiary/aromatic N) is 3. The molecule has 0 saturated heterocycles. The number of halogens is 1. The van der Waals surface area contributed by atoms with Crippen LogP contribution in [-0.2, 0) is 0 Å². The molecule has 1 heterocycles. The number of aliphatic hydroxyl groups is 1. The van der Waals surface area contributed by atoms with Crippen LogP contribution >= 0.6 is 11.6 Å². The van der Waals surface area contributed by atoms with Crippen molar-refractivity contribution in [3.8, 4) is 0 Å². The Kier molecular flexibility index (Phi) is 4.89. The standard InChI is InChI=1S/C10H18ClN5O/c1-10(2,4-5-17)6-13-9-15-7(11)14-8(12-3)16-9/h17H,4-6H2,1-3H3,(H2,12,13,14,15,16). The van der Waals surface area contributed by atoms with Crippen molar-refractivity contribution in [3.63, 3.8) is 0 Å². The van der Waals surface area contributed by atoms with Crippen LogP contribution in [-0.4, -0.2) is 40.3 Å². The maximum absolute atomic E-state index is 8.93. The van der Waals surface area contributed by atoms with Crippen molar-refractivity contribution in [1.29, 1.82) is 0 Å². The summed E-state index contributed by atoms with van der Waals surface area (Å²) < 4.78 is 0. The molecule has 0 spiro atoms. The van der Waals surface area contributed by atoms with Gasteiger partial charge in [-0.15, -0.1) is 0 Å². The zero-order valence-corrected chi connectivity index (χ0v) is 11.0. The van der Waals surface area contributed by atoms with Gasteiger partial charge in [0.25, 0.3) is 0 Å². The van der Waals surface area contributed by atoms with Gasteiger partial charge >= 0.3 is 0 Å². The molecule has 0 aliphatic carbocycles. The molecule has 17 heavy (non-hydrogen) atoms. The molecule has 1 rings (SSSR count). The van der Waals surface area contributed by atoms with Crippen molar-refractivity contribution in [2.75, 3.05) is 30.8 Å². The molecule has 0 unspecified atom stereocenters. The predicted octanol–water partition coefficient (Wildman–Crippen LogP) is 1.39. The van der Waals surface area contributed by atoms with Crippen LogP contribution in [0, 0.1) is 5.41 Å². The molecule has 0 aromatic carbocycles. The first kappa shape index (κ1) is 13.9. The van der Waals surface area contributed by atoms with E-state index in [1.807, 2.05) is 0 Å². The van der Waals surface area contributed by atoms with Gasteiger partial charge in [0, 0.05) is 20.2 Å². The second kappa shape index (κ2) is 5.97. The normalized spacial score (nSPS) is 11.4. The number of aliphatic hydroxyl groups excluding tert-OH is 1. The first-order chi connectivity index (χ1) is 7.96.